The number of anilines is 1. The van der Waals surface area contributed by atoms with Crippen molar-refractivity contribution in [3.05, 3.63) is 47.3 Å². The Morgan fingerprint density at radius 2 is 2.00 bits per heavy atom. The zero-order valence-corrected chi connectivity index (χ0v) is 19.4. The maximum atomic E-state index is 13.8. The molecule has 1 aromatic heterocycles. The average molecular weight is 504 g/mol. The Kier molecular flexibility index (Phi) is 6.81. The number of nitrogens with zero attached hydrogens (tertiary/aromatic N) is 2. The Bertz CT molecular complexity index is 1210. The summed E-state index contributed by atoms with van der Waals surface area (Å²) in [5.41, 5.74) is -3.34. The lowest BCUT2D eigenvalue weighted by Gasteiger charge is -2.36. The number of benzene rings is 1. The number of pyridine rings is 1. The molecule has 1 aliphatic rings. The van der Waals surface area contributed by atoms with Gasteiger partial charge in [0.05, 0.1) is 23.2 Å². The standard InChI is InChI=1S/C20H23F3N4O6S/c1-24-10-12-9-13(5-6-25-12)33-15-8-11(20(21,22)23)7-14-16(15)27(2)19(32-3,18(28)29)17(14)26-34(4,30)31/h5-9,17,24,26H,10H2,1-4H3,(H,28,29). The Morgan fingerprint density at radius 3 is 2.53 bits per heavy atom. The van der Waals surface area contributed by atoms with Gasteiger partial charge >= 0.3 is 12.1 Å². The highest BCUT2D eigenvalue weighted by atomic mass is 32.2. The summed E-state index contributed by atoms with van der Waals surface area (Å²) in [6, 6.07) is 2.62. The molecule has 14 heteroatoms. The first kappa shape index (κ1) is 25.7. The number of halogens is 3. The Balaban J connectivity index is 2.28. The molecule has 0 amide bonds. The third-order valence-electron chi connectivity index (χ3n) is 5.29. The van der Waals surface area contributed by atoms with Crippen LogP contribution in [-0.4, -0.2) is 57.7 Å². The van der Waals surface area contributed by atoms with Crippen LogP contribution in [0, 0.1) is 0 Å². The van der Waals surface area contributed by atoms with E-state index in [-0.39, 0.29) is 22.7 Å². The van der Waals surface area contributed by atoms with Gasteiger partial charge in [0.25, 0.3) is 5.72 Å². The van der Waals surface area contributed by atoms with Crippen molar-refractivity contribution >= 4 is 21.7 Å². The van der Waals surface area contributed by atoms with Gasteiger partial charge in [0, 0.05) is 38.5 Å². The number of carboxylic acids is 1. The first-order valence-corrected chi connectivity index (χ1v) is 11.7. The second kappa shape index (κ2) is 9.02. The summed E-state index contributed by atoms with van der Waals surface area (Å²) in [5, 5.41) is 12.9. The van der Waals surface area contributed by atoms with E-state index in [1.54, 1.807) is 7.05 Å². The zero-order chi connectivity index (χ0) is 25.5. The molecule has 1 aliphatic heterocycles. The molecular weight excluding hydrogens is 481 g/mol. The lowest BCUT2D eigenvalue weighted by Crippen LogP contribution is -2.59. The lowest BCUT2D eigenvalue weighted by molar-refractivity contribution is -0.164. The molecule has 0 spiro atoms. The molecule has 3 rings (SSSR count). The van der Waals surface area contributed by atoms with E-state index in [1.165, 1.54) is 25.4 Å². The molecule has 2 unspecified atom stereocenters. The molecule has 1 aromatic carbocycles. The van der Waals surface area contributed by atoms with Gasteiger partial charge in [-0.2, -0.15) is 13.2 Å². The molecule has 0 radical (unpaired) electrons. The number of carboxylic acid groups (broad SMARTS) is 1. The van der Waals surface area contributed by atoms with Crippen LogP contribution in [0.1, 0.15) is 22.9 Å². The second-order valence-corrected chi connectivity index (χ2v) is 9.39. The molecule has 186 valence electrons. The number of nitrogens with one attached hydrogen (secondary N) is 2. The van der Waals surface area contributed by atoms with Gasteiger partial charge < -0.3 is 24.8 Å². The monoisotopic (exact) mass is 504 g/mol. The van der Waals surface area contributed by atoms with Crippen molar-refractivity contribution in [1.82, 2.24) is 15.0 Å². The van der Waals surface area contributed by atoms with Crippen molar-refractivity contribution in [2.24, 2.45) is 0 Å². The molecule has 2 heterocycles. The first-order valence-electron chi connectivity index (χ1n) is 9.76. The van der Waals surface area contributed by atoms with Crippen LogP contribution in [-0.2, 0) is 32.3 Å². The number of methoxy groups -OCH3 is 1. The molecule has 3 N–H and O–H groups in total. The minimum atomic E-state index is -4.83. The predicted molar refractivity (Wildman–Crippen MR) is 115 cm³/mol. The van der Waals surface area contributed by atoms with E-state index in [9.17, 15) is 31.5 Å². The molecule has 0 saturated heterocycles. The van der Waals surface area contributed by atoms with Crippen LogP contribution in [0.4, 0.5) is 18.9 Å². The van der Waals surface area contributed by atoms with E-state index in [4.69, 9.17) is 9.47 Å². The van der Waals surface area contributed by atoms with Gasteiger partial charge in [0.2, 0.25) is 10.0 Å². The van der Waals surface area contributed by atoms with Crippen molar-refractivity contribution < 1.29 is 41.0 Å². The maximum Gasteiger partial charge on any atom is 0.416 e. The minimum absolute atomic E-state index is 0.0784. The number of hydrogen-bond acceptors (Lipinski definition) is 8. The molecule has 0 saturated carbocycles. The molecule has 34 heavy (non-hydrogen) atoms. The van der Waals surface area contributed by atoms with Gasteiger partial charge in [-0.05, 0) is 25.2 Å². The molecule has 10 nitrogen and oxygen atoms in total. The zero-order valence-electron chi connectivity index (χ0n) is 18.6. The quantitative estimate of drug-likeness (QED) is 0.495. The number of aliphatic carboxylic acids is 1. The highest BCUT2D eigenvalue weighted by Gasteiger charge is 2.59. The largest absolute Gasteiger partial charge is 0.478 e. The number of carbonyl (C=O) groups is 1. The fourth-order valence-electron chi connectivity index (χ4n) is 3.91. The number of sulfonamides is 1. The van der Waals surface area contributed by atoms with E-state index in [0.717, 1.165) is 24.3 Å². The predicted octanol–water partition coefficient (Wildman–Crippen LogP) is 2.08. The van der Waals surface area contributed by atoms with Crippen LogP contribution in [0.2, 0.25) is 0 Å². The summed E-state index contributed by atoms with van der Waals surface area (Å²) in [4.78, 5) is 17.5. The van der Waals surface area contributed by atoms with E-state index < -0.39 is 39.5 Å². The highest BCUT2D eigenvalue weighted by Crippen LogP contribution is 2.53. The molecule has 0 fully saturated rings. The van der Waals surface area contributed by atoms with Crippen LogP contribution < -0.4 is 19.7 Å². The number of fused-ring (bicyclic) bond motifs is 1. The number of alkyl halides is 3. The first-order chi connectivity index (χ1) is 15.7. The average Bonchev–Trinajstić information content (AvgIpc) is 2.95. The van der Waals surface area contributed by atoms with Crippen LogP contribution in [0.5, 0.6) is 11.5 Å². The van der Waals surface area contributed by atoms with Gasteiger partial charge in [0.1, 0.15) is 11.8 Å². The smallest absolute Gasteiger partial charge is 0.416 e. The molecule has 2 aromatic rings. The fourth-order valence-corrected chi connectivity index (χ4v) is 4.63. The third kappa shape index (κ3) is 4.66. The summed E-state index contributed by atoms with van der Waals surface area (Å²) in [6.07, 6.45) is -2.67. The number of hydrogen-bond donors (Lipinski definition) is 3. The van der Waals surface area contributed by atoms with Gasteiger partial charge in [-0.1, -0.05) is 0 Å². The van der Waals surface area contributed by atoms with Crippen LogP contribution in [0.3, 0.4) is 0 Å². The van der Waals surface area contributed by atoms with Crippen LogP contribution >= 0.6 is 0 Å². The maximum absolute atomic E-state index is 13.8. The van der Waals surface area contributed by atoms with Crippen molar-refractivity contribution in [2.75, 3.05) is 32.4 Å². The number of rotatable bonds is 8. The Hall–Kier alpha value is -2.94. The van der Waals surface area contributed by atoms with Gasteiger partial charge in [0.15, 0.2) is 5.75 Å². The second-order valence-electron chi connectivity index (χ2n) is 7.61. The highest BCUT2D eigenvalue weighted by molar-refractivity contribution is 7.88. The molecule has 0 bridgehead atoms. The molecule has 0 aliphatic carbocycles. The summed E-state index contributed by atoms with van der Waals surface area (Å²) in [6.45, 7) is 0.365. The topological polar surface area (TPSA) is 130 Å². The molecule has 2 atom stereocenters. The van der Waals surface area contributed by atoms with Crippen molar-refractivity contribution in [3.63, 3.8) is 0 Å². The third-order valence-corrected chi connectivity index (χ3v) is 5.95. The number of ether oxygens (including phenoxy) is 2. The summed E-state index contributed by atoms with van der Waals surface area (Å²) < 4.78 is 78.5. The summed E-state index contributed by atoms with van der Waals surface area (Å²) in [7, 11) is -0.105. The van der Waals surface area contributed by atoms with Gasteiger partial charge in [-0.15, -0.1) is 0 Å². The summed E-state index contributed by atoms with van der Waals surface area (Å²) in [5.74, 6) is -1.81. The van der Waals surface area contributed by atoms with E-state index in [1.807, 2.05) is 0 Å². The SMILES string of the molecule is CNCc1cc(Oc2cc(C(F)(F)F)cc3c2N(C)C(OC)(C(=O)O)C3NS(C)(=O)=O)ccn1. The Labute approximate surface area is 193 Å². The van der Waals surface area contributed by atoms with Crippen LogP contribution in [0.25, 0.3) is 0 Å². The van der Waals surface area contributed by atoms with Gasteiger partial charge in [-0.25, -0.2) is 17.9 Å². The van der Waals surface area contributed by atoms with E-state index in [0.29, 0.717) is 18.3 Å². The van der Waals surface area contributed by atoms with E-state index >= 15 is 0 Å². The summed E-state index contributed by atoms with van der Waals surface area (Å²) >= 11 is 0. The number of aromatic nitrogens is 1. The fraction of sp³-hybridized carbons (Fsp3) is 0.400. The van der Waals surface area contributed by atoms with Crippen molar-refractivity contribution in [1.29, 1.82) is 0 Å². The van der Waals surface area contributed by atoms with E-state index in [2.05, 4.69) is 15.0 Å². The van der Waals surface area contributed by atoms with Crippen molar-refractivity contribution in [2.45, 2.75) is 24.5 Å². The van der Waals surface area contributed by atoms with Crippen molar-refractivity contribution in [3.8, 4) is 11.5 Å². The normalized spacial score (nSPS) is 20.3. The Morgan fingerprint density at radius 1 is 1.32 bits per heavy atom. The molecular formula is C20H23F3N4O6S. The van der Waals surface area contributed by atoms with Crippen LogP contribution in [0.15, 0.2) is 30.5 Å². The van der Waals surface area contributed by atoms with Gasteiger partial charge in [-0.3, -0.25) is 4.98 Å². The minimum Gasteiger partial charge on any atom is -0.478 e. The lowest BCUT2D eigenvalue weighted by atomic mass is 9.98. The number of likely N-dealkylation sites (N-methyl/N-ethyl adjacent to an activating group) is 1.